The van der Waals surface area contributed by atoms with Crippen LogP contribution in [-0.4, -0.2) is 67.2 Å². The number of carbonyl (C=O) groups is 1. The molecule has 0 saturated carbocycles. The molecule has 1 fully saturated rings. The van der Waals surface area contributed by atoms with E-state index >= 15 is 0 Å². The number of para-hydroxylation sites is 1. The average Bonchev–Trinajstić information content (AvgIpc) is 2.87. The number of piperazine rings is 1. The van der Waals surface area contributed by atoms with E-state index in [1.165, 1.54) is 5.69 Å². The summed E-state index contributed by atoms with van der Waals surface area (Å²) in [6.07, 6.45) is 4.47. The fourth-order valence-electron chi connectivity index (χ4n) is 4.06. The van der Waals surface area contributed by atoms with Gasteiger partial charge in [-0.05, 0) is 49.4 Å². The van der Waals surface area contributed by atoms with Gasteiger partial charge < -0.3 is 19.9 Å². The van der Waals surface area contributed by atoms with Gasteiger partial charge in [-0.2, -0.15) is 0 Å². The van der Waals surface area contributed by atoms with Crippen LogP contribution in [0.2, 0.25) is 0 Å². The van der Waals surface area contributed by atoms with Crippen LogP contribution in [0.4, 0.5) is 5.69 Å². The van der Waals surface area contributed by atoms with Crippen molar-refractivity contribution in [3.05, 3.63) is 76.8 Å². The molecule has 1 aliphatic rings. The molecule has 0 unspecified atom stereocenters. The highest BCUT2D eigenvalue weighted by Gasteiger charge is 2.17. The number of aromatic nitrogens is 2. The van der Waals surface area contributed by atoms with Crippen molar-refractivity contribution >= 4 is 11.6 Å². The predicted octanol–water partition coefficient (Wildman–Crippen LogP) is 2.39. The zero-order chi connectivity index (χ0) is 23.0. The van der Waals surface area contributed by atoms with Gasteiger partial charge in [0.05, 0.1) is 12.8 Å². The van der Waals surface area contributed by atoms with Crippen molar-refractivity contribution in [3.63, 3.8) is 0 Å². The van der Waals surface area contributed by atoms with Crippen LogP contribution in [0.25, 0.3) is 11.3 Å². The fraction of sp³-hybridized carbons (Fsp3) is 0.320. The Labute approximate surface area is 193 Å². The van der Waals surface area contributed by atoms with Crippen LogP contribution < -0.4 is 20.5 Å². The number of hydrogen-bond acceptors (Lipinski definition) is 6. The summed E-state index contributed by atoms with van der Waals surface area (Å²) in [4.78, 5) is 36.6. The Bertz CT molecular complexity index is 1120. The Kier molecular flexibility index (Phi) is 7.36. The van der Waals surface area contributed by atoms with E-state index < -0.39 is 5.56 Å². The summed E-state index contributed by atoms with van der Waals surface area (Å²) < 4.78 is 5.35. The lowest BCUT2D eigenvalue weighted by Gasteiger charge is -2.36. The molecule has 1 saturated heterocycles. The monoisotopic (exact) mass is 447 g/mol. The summed E-state index contributed by atoms with van der Waals surface area (Å²) in [5.74, 6) is 0.303. The van der Waals surface area contributed by atoms with Crippen molar-refractivity contribution < 1.29 is 9.53 Å². The molecule has 2 aromatic heterocycles. The maximum atomic E-state index is 12.5. The number of rotatable bonds is 8. The molecule has 0 spiro atoms. The van der Waals surface area contributed by atoms with Gasteiger partial charge in [-0.1, -0.05) is 12.1 Å². The highest BCUT2D eigenvalue weighted by atomic mass is 16.5. The second-order valence-corrected chi connectivity index (χ2v) is 7.96. The van der Waals surface area contributed by atoms with Crippen LogP contribution in [0.3, 0.4) is 0 Å². The van der Waals surface area contributed by atoms with Gasteiger partial charge in [-0.15, -0.1) is 0 Å². The van der Waals surface area contributed by atoms with Crippen LogP contribution >= 0.6 is 0 Å². The van der Waals surface area contributed by atoms with Gasteiger partial charge in [0.1, 0.15) is 11.3 Å². The van der Waals surface area contributed by atoms with Gasteiger partial charge in [0.15, 0.2) is 0 Å². The van der Waals surface area contributed by atoms with Crippen LogP contribution in [0.15, 0.2) is 65.7 Å². The highest BCUT2D eigenvalue weighted by Crippen LogP contribution is 2.27. The van der Waals surface area contributed by atoms with Gasteiger partial charge in [-0.3, -0.25) is 19.5 Å². The Morgan fingerprint density at radius 2 is 1.82 bits per heavy atom. The molecule has 4 rings (SSSR count). The van der Waals surface area contributed by atoms with E-state index in [-0.39, 0.29) is 11.5 Å². The number of carbonyl (C=O) groups excluding carboxylic acids is 1. The smallest absolute Gasteiger partial charge is 0.261 e. The van der Waals surface area contributed by atoms with E-state index in [4.69, 9.17) is 4.74 Å². The number of amides is 1. The molecule has 1 amide bonds. The molecule has 1 aromatic carbocycles. The number of methoxy groups -OCH3 is 1. The average molecular weight is 448 g/mol. The quantitative estimate of drug-likeness (QED) is 0.516. The lowest BCUT2D eigenvalue weighted by Crippen LogP contribution is -2.47. The SMILES string of the molecule is COc1ccccc1-c1ccc(C(=O)NCCCN2CCN(c3ccncc3)CC2)c(=O)[nH]1. The van der Waals surface area contributed by atoms with Crippen molar-refractivity contribution in [2.24, 2.45) is 0 Å². The van der Waals surface area contributed by atoms with Crippen molar-refractivity contribution in [3.8, 4) is 17.0 Å². The number of pyridine rings is 2. The zero-order valence-electron chi connectivity index (χ0n) is 18.8. The summed E-state index contributed by atoms with van der Waals surface area (Å²) in [5, 5.41) is 2.87. The van der Waals surface area contributed by atoms with Gasteiger partial charge in [-0.25, -0.2) is 0 Å². The van der Waals surface area contributed by atoms with E-state index in [1.807, 2.05) is 48.8 Å². The Balaban J connectivity index is 1.24. The number of aromatic amines is 1. The lowest BCUT2D eigenvalue weighted by molar-refractivity contribution is 0.0950. The molecule has 0 bridgehead atoms. The summed E-state index contributed by atoms with van der Waals surface area (Å²) in [6.45, 7) is 5.36. The first-order chi connectivity index (χ1) is 16.2. The minimum absolute atomic E-state index is 0.111. The molecule has 33 heavy (non-hydrogen) atoms. The molecule has 8 nitrogen and oxygen atoms in total. The van der Waals surface area contributed by atoms with E-state index in [9.17, 15) is 9.59 Å². The standard InChI is InChI=1S/C25H29N5O3/c1-33-23-6-3-2-5-20(23)22-8-7-21(25(32)28-22)24(31)27-11-4-14-29-15-17-30(18-16-29)19-9-12-26-13-10-19/h2-3,5-10,12-13H,4,11,14-18H2,1H3,(H,27,31)(H,28,32). The molecule has 8 heteroatoms. The molecular formula is C25H29N5O3. The maximum absolute atomic E-state index is 12.5. The predicted molar refractivity (Wildman–Crippen MR) is 129 cm³/mol. The normalized spacial score (nSPS) is 14.2. The summed E-state index contributed by atoms with van der Waals surface area (Å²) in [6, 6.07) is 14.8. The van der Waals surface area contributed by atoms with Gasteiger partial charge >= 0.3 is 0 Å². The molecule has 3 aromatic rings. The second kappa shape index (κ2) is 10.8. The summed E-state index contributed by atoms with van der Waals surface area (Å²) in [5.41, 5.74) is 2.29. The second-order valence-electron chi connectivity index (χ2n) is 7.96. The number of nitrogens with one attached hydrogen (secondary N) is 2. The zero-order valence-corrected chi connectivity index (χ0v) is 18.8. The number of nitrogens with zero attached hydrogens (tertiary/aromatic N) is 3. The third kappa shape index (κ3) is 5.59. The van der Waals surface area contributed by atoms with Crippen molar-refractivity contribution in [2.45, 2.75) is 6.42 Å². The van der Waals surface area contributed by atoms with Gasteiger partial charge in [0.2, 0.25) is 0 Å². The topological polar surface area (TPSA) is 90.6 Å². The van der Waals surface area contributed by atoms with Crippen LogP contribution in [-0.2, 0) is 0 Å². The summed E-state index contributed by atoms with van der Waals surface area (Å²) in [7, 11) is 1.58. The molecule has 172 valence electrons. The number of H-pyrrole nitrogens is 1. The minimum Gasteiger partial charge on any atom is -0.496 e. The molecule has 0 radical (unpaired) electrons. The highest BCUT2D eigenvalue weighted by molar-refractivity contribution is 5.94. The van der Waals surface area contributed by atoms with Crippen molar-refractivity contribution in [2.75, 3.05) is 51.3 Å². The first kappa shape index (κ1) is 22.5. The van der Waals surface area contributed by atoms with E-state index in [0.717, 1.165) is 44.7 Å². The Morgan fingerprint density at radius 3 is 2.55 bits per heavy atom. The first-order valence-electron chi connectivity index (χ1n) is 11.2. The largest absolute Gasteiger partial charge is 0.496 e. The van der Waals surface area contributed by atoms with E-state index in [1.54, 1.807) is 19.2 Å². The van der Waals surface area contributed by atoms with E-state index in [0.29, 0.717) is 18.0 Å². The van der Waals surface area contributed by atoms with Crippen molar-refractivity contribution in [1.82, 2.24) is 20.2 Å². The maximum Gasteiger partial charge on any atom is 0.261 e. The fourth-order valence-corrected chi connectivity index (χ4v) is 4.06. The van der Waals surface area contributed by atoms with Crippen LogP contribution in [0.5, 0.6) is 5.75 Å². The van der Waals surface area contributed by atoms with Crippen molar-refractivity contribution in [1.29, 1.82) is 0 Å². The van der Waals surface area contributed by atoms with Gasteiger partial charge in [0, 0.05) is 56.4 Å². The van der Waals surface area contributed by atoms with Crippen LogP contribution in [0.1, 0.15) is 16.8 Å². The number of anilines is 1. The number of hydrogen-bond donors (Lipinski definition) is 2. The summed E-state index contributed by atoms with van der Waals surface area (Å²) >= 11 is 0. The molecule has 3 heterocycles. The number of benzene rings is 1. The molecule has 0 atom stereocenters. The molecule has 2 N–H and O–H groups in total. The molecule has 1 aliphatic heterocycles. The van der Waals surface area contributed by atoms with Gasteiger partial charge in [0.25, 0.3) is 11.5 Å². The first-order valence-corrected chi connectivity index (χ1v) is 11.2. The Morgan fingerprint density at radius 1 is 1.06 bits per heavy atom. The number of ether oxygens (including phenoxy) is 1. The van der Waals surface area contributed by atoms with Crippen LogP contribution in [0, 0.1) is 0 Å². The third-order valence-electron chi connectivity index (χ3n) is 5.89. The minimum atomic E-state index is -0.414. The lowest BCUT2D eigenvalue weighted by atomic mass is 10.1. The third-order valence-corrected chi connectivity index (χ3v) is 5.89. The Hall–Kier alpha value is -3.65. The van der Waals surface area contributed by atoms with E-state index in [2.05, 4.69) is 25.1 Å². The molecular weight excluding hydrogens is 418 g/mol. The molecule has 0 aliphatic carbocycles.